The van der Waals surface area contributed by atoms with Gasteiger partial charge in [0.2, 0.25) is 15.9 Å². The molecular weight excluding hydrogens is 382 g/mol. The average Bonchev–Trinajstić information content (AvgIpc) is 2.58. The maximum absolute atomic E-state index is 12.4. The van der Waals surface area contributed by atoms with E-state index in [9.17, 15) is 23.3 Å². The molecule has 0 bridgehead atoms. The van der Waals surface area contributed by atoms with Gasteiger partial charge in [-0.2, -0.15) is 0 Å². The van der Waals surface area contributed by atoms with Crippen molar-refractivity contribution >= 4 is 33.0 Å². The van der Waals surface area contributed by atoms with E-state index < -0.39 is 27.4 Å². The first kappa shape index (κ1) is 21.4. The van der Waals surface area contributed by atoms with E-state index in [1.807, 2.05) is 32.9 Å². The number of nitro benzene ring substituents is 1. The minimum Gasteiger partial charge on any atom is -0.324 e. The fraction of sp³-hybridized carbons (Fsp3) is 0.316. The van der Waals surface area contributed by atoms with Crippen LogP contribution in [-0.4, -0.2) is 32.0 Å². The van der Waals surface area contributed by atoms with Crippen LogP contribution in [0.15, 0.2) is 48.5 Å². The monoisotopic (exact) mass is 405 g/mol. The smallest absolute Gasteiger partial charge is 0.271 e. The Balaban J connectivity index is 2.22. The van der Waals surface area contributed by atoms with Gasteiger partial charge in [0.15, 0.2) is 0 Å². The molecule has 0 atom stereocenters. The number of carbonyl (C=O) groups is 1. The minimum atomic E-state index is -3.71. The molecule has 0 aliphatic carbocycles. The fourth-order valence-corrected chi connectivity index (χ4v) is 3.41. The Morgan fingerprint density at radius 3 is 2.25 bits per heavy atom. The van der Waals surface area contributed by atoms with Crippen molar-refractivity contribution in [3.63, 3.8) is 0 Å². The van der Waals surface area contributed by atoms with Crippen molar-refractivity contribution in [1.82, 2.24) is 0 Å². The number of carbonyl (C=O) groups excluding carboxylic acids is 1. The lowest BCUT2D eigenvalue weighted by Crippen LogP contribution is -2.37. The third kappa shape index (κ3) is 5.53. The summed E-state index contributed by atoms with van der Waals surface area (Å²) in [6, 6.07) is 12.4. The molecule has 0 unspecified atom stereocenters. The molecule has 2 aromatic rings. The second kappa shape index (κ2) is 7.97. The Morgan fingerprint density at radius 1 is 1.14 bits per heavy atom. The van der Waals surface area contributed by atoms with Gasteiger partial charge in [-0.05, 0) is 29.2 Å². The predicted octanol–water partition coefficient (Wildman–Crippen LogP) is 3.30. The molecule has 0 heterocycles. The molecule has 0 fully saturated rings. The normalized spacial score (nSPS) is 11.7. The molecule has 150 valence electrons. The SMILES string of the molecule is CC(C)(C)c1ccc(N(CC(=O)Nc2cccc([N+](=O)[O-])c2)S(C)(=O)=O)cc1. The first-order valence-corrected chi connectivity index (χ1v) is 10.4. The zero-order valence-electron chi connectivity index (χ0n) is 16.2. The van der Waals surface area contributed by atoms with Gasteiger partial charge in [-0.3, -0.25) is 19.2 Å². The zero-order chi connectivity index (χ0) is 21.1. The maximum atomic E-state index is 12.4. The molecule has 0 radical (unpaired) electrons. The zero-order valence-corrected chi connectivity index (χ0v) is 17.0. The molecule has 0 aromatic heterocycles. The maximum Gasteiger partial charge on any atom is 0.271 e. The van der Waals surface area contributed by atoms with E-state index in [1.54, 1.807) is 12.1 Å². The van der Waals surface area contributed by atoms with Crippen LogP contribution in [-0.2, 0) is 20.2 Å². The molecule has 0 saturated carbocycles. The number of rotatable bonds is 6. The summed E-state index contributed by atoms with van der Waals surface area (Å²) in [5.74, 6) is -0.606. The van der Waals surface area contributed by atoms with E-state index in [-0.39, 0.29) is 16.8 Å². The van der Waals surface area contributed by atoms with Crippen molar-refractivity contribution in [3.8, 4) is 0 Å². The first-order valence-electron chi connectivity index (χ1n) is 8.50. The van der Waals surface area contributed by atoms with Crippen molar-refractivity contribution in [2.75, 3.05) is 22.4 Å². The van der Waals surface area contributed by atoms with Crippen LogP contribution in [0.5, 0.6) is 0 Å². The Hall–Kier alpha value is -2.94. The van der Waals surface area contributed by atoms with Crippen molar-refractivity contribution in [2.45, 2.75) is 26.2 Å². The Bertz CT molecular complexity index is 979. The standard InChI is InChI=1S/C19H23N3O5S/c1-19(2,3)14-8-10-16(11-9-14)21(28(4,26)27)13-18(23)20-15-6-5-7-17(12-15)22(24)25/h5-12H,13H2,1-4H3,(H,20,23). The first-order chi connectivity index (χ1) is 12.9. The number of sulfonamides is 1. The number of amides is 1. The van der Waals surface area contributed by atoms with E-state index in [4.69, 9.17) is 0 Å². The molecule has 0 aliphatic heterocycles. The summed E-state index contributed by atoms with van der Waals surface area (Å²) in [5.41, 5.74) is 1.36. The molecule has 0 aliphatic rings. The van der Waals surface area contributed by atoms with Crippen molar-refractivity contribution < 1.29 is 18.1 Å². The summed E-state index contributed by atoms with van der Waals surface area (Å²) >= 11 is 0. The Kier molecular flexibility index (Phi) is 6.08. The van der Waals surface area contributed by atoms with Gasteiger partial charge in [0.05, 0.1) is 16.9 Å². The topological polar surface area (TPSA) is 110 Å². The number of nitrogens with zero attached hydrogens (tertiary/aromatic N) is 2. The highest BCUT2D eigenvalue weighted by Gasteiger charge is 2.22. The van der Waals surface area contributed by atoms with Crippen LogP contribution in [0.2, 0.25) is 0 Å². The number of anilines is 2. The van der Waals surface area contributed by atoms with Crippen molar-refractivity contribution in [2.24, 2.45) is 0 Å². The molecule has 2 aromatic carbocycles. The highest BCUT2D eigenvalue weighted by molar-refractivity contribution is 7.92. The van der Waals surface area contributed by atoms with Crippen LogP contribution >= 0.6 is 0 Å². The van der Waals surface area contributed by atoms with E-state index in [0.29, 0.717) is 5.69 Å². The Morgan fingerprint density at radius 2 is 1.75 bits per heavy atom. The molecule has 1 amide bonds. The average molecular weight is 405 g/mol. The number of non-ortho nitro benzene ring substituents is 1. The second-order valence-corrected chi connectivity index (χ2v) is 9.33. The summed E-state index contributed by atoms with van der Waals surface area (Å²) in [5, 5.41) is 13.3. The van der Waals surface area contributed by atoms with Gasteiger partial charge in [0.1, 0.15) is 6.54 Å². The van der Waals surface area contributed by atoms with E-state index in [0.717, 1.165) is 16.1 Å². The van der Waals surface area contributed by atoms with Crippen molar-refractivity contribution in [1.29, 1.82) is 0 Å². The number of nitro groups is 1. The van der Waals surface area contributed by atoms with E-state index in [1.165, 1.54) is 24.3 Å². The molecule has 8 nitrogen and oxygen atoms in total. The molecule has 2 rings (SSSR count). The van der Waals surface area contributed by atoms with E-state index >= 15 is 0 Å². The highest BCUT2D eigenvalue weighted by Crippen LogP contribution is 2.26. The second-order valence-electron chi connectivity index (χ2n) is 7.42. The summed E-state index contributed by atoms with van der Waals surface area (Å²) in [4.78, 5) is 22.6. The van der Waals surface area contributed by atoms with Gasteiger partial charge in [-0.15, -0.1) is 0 Å². The largest absolute Gasteiger partial charge is 0.324 e. The Labute approximate surface area is 164 Å². The van der Waals surface area contributed by atoms with Gasteiger partial charge < -0.3 is 5.32 Å². The van der Waals surface area contributed by atoms with Crippen LogP contribution in [0.1, 0.15) is 26.3 Å². The minimum absolute atomic E-state index is 0.0894. The van der Waals surface area contributed by atoms with Crippen molar-refractivity contribution in [3.05, 3.63) is 64.2 Å². The third-order valence-corrected chi connectivity index (χ3v) is 5.19. The quantitative estimate of drug-likeness (QED) is 0.586. The van der Waals surface area contributed by atoms with Crippen LogP contribution in [0.3, 0.4) is 0 Å². The van der Waals surface area contributed by atoms with E-state index in [2.05, 4.69) is 5.32 Å². The number of nitrogens with one attached hydrogen (secondary N) is 1. The van der Waals surface area contributed by atoms with Crippen LogP contribution in [0.25, 0.3) is 0 Å². The lowest BCUT2D eigenvalue weighted by Gasteiger charge is -2.24. The summed E-state index contributed by atoms with van der Waals surface area (Å²) in [6.45, 7) is 5.69. The molecule has 28 heavy (non-hydrogen) atoms. The lowest BCUT2D eigenvalue weighted by molar-refractivity contribution is -0.384. The van der Waals surface area contributed by atoms with Gasteiger partial charge in [-0.1, -0.05) is 39.0 Å². The molecule has 9 heteroatoms. The summed E-state index contributed by atoms with van der Waals surface area (Å²) in [6.07, 6.45) is 1.02. The number of hydrogen-bond donors (Lipinski definition) is 1. The third-order valence-electron chi connectivity index (χ3n) is 4.05. The number of benzene rings is 2. The predicted molar refractivity (Wildman–Crippen MR) is 109 cm³/mol. The summed E-state index contributed by atoms with van der Waals surface area (Å²) < 4.78 is 25.4. The molecular formula is C19H23N3O5S. The van der Waals surface area contributed by atoms with Crippen LogP contribution < -0.4 is 9.62 Å². The number of hydrogen-bond acceptors (Lipinski definition) is 5. The fourth-order valence-electron chi connectivity index (χ4n) is 2.56. The van der Waals surface area contributed by atoms with Crippen LogP contribution in [0, 0.1) is 10.1 Å². The highest BCUT2D eigenvalue weighted by atomic mass is 32.2. The van der Waals surface area contributed by atoms with Gasteiger partial charge >= 0.3 is 0 Å². The van der Waals surface area contributed by atoms with Gasteiger partial charge in [0.25, 0.3) is 5.69 Å². The lowest BCUT2D eigenvalue weighted by atomic mass is 9.87. The summed E-state index contributed by atoms with van der Waals surface area (Å²) in [7, 11) is -3.71. The molecule has 0 spiro atoms. The van der Waals surface area contributed by atoms with Gasteiger partial charge in [-0.25, -0.2) is 8.42 Å². The van der Waals surface area contributed by atoms with Gasteiger partial charge in [0, 0.05) is 17.8 Å². The van der Waals surface area contributed by atoms with Crippen LogP contribution in [0.4, 0.5) is 17.1 Å². The molecule has 0 saturated heterocycles. The molecule has 1 N–H and O–H groups in total.